The zero-order chi connectivity index (χ0) is 30.0. The summed E-state index contributed by atoms with van der Waals surface area (Å²) in [7, 11) is -4.14. The number of nitrogens with zero attached hydrogens (tertiary/aromatic N) is 2. The van der Waals surface area contributed by atoms with E-state index < -0.39 is 28.5 Å². The first-order valence-corrected chi connectivity index (χ1v) is 15.4. The average molecular weight is 580 g/mol. The van der Waals surface area contributed by atoms with Crippen LogP contribution in [0.4, 0.5) is 5.69 Å². The topological polar surface area (TPSA) is 96.0 Å². The molecule has 0 heterocycles. The Labute approximate surface area is 244 Å². The van der Waals surface area contributed by atoms with Gasteiger partial charge in [-0.1, -0.05) is 68.8 Å². The smallest absolute Gasteiger partial charge is 0.264 e. The molecule has 0 saturated heterocycles. The number of benzene rings is 3. The fourth-order valence-electron chi connectivity index (χ4n) is 4.36. The van der Waals surface area contributed by atoms with Crippen LogP contribution in [0.15, 0.2) is 83.8 Å². The molecule has 0 aromatic heterocycles. The second kappa shape index (κ2) is 14.7. The molecule has 3 aromatic rings. The minimum Gasteiger partial charge on any atom is -0.494 e. The number of nitrogens with one attached hydrogen (secondary N) is 1. The number of hydrogen-bond acceptors (Lipinski definition) is 5. The zero-order valence-corrected chi connectivity index (χ0v) is 25.4. The van der Waals surface area contributed by atoms with Crippen LogP contribution >= 0.6 is 0 Å². The van der Waals surface area contributed by atoms with Crippen LogP contribution in [-0.2, 0) is 26.2 Å². The van der Waals surface area contributed by atoms with E-state index in [9.17, 15) is 18.0 Å². The number of amides is 2. The van der Waals surface area contributed by atoms with Crippen molar-refractivity contribution in [3.05, 3.63) is 90.0 Å². The van der Waals surface area contributed by atoms with Gasteiger partial charge in [0.15, 0.2) is 0 Å². The number of aryl methyl sites for hydroxylation is 1. The minimum absolute atomic E-state index is 0.0330. The molecule has 1 atom stereocenters. The monoisotopic (exact) mass is 579 g/mol. The van der Waals surface area contributed by atoms with Gasteiger partial charge in [0, 0.05) is 13.1 Å². The molecular formula is C32H41N3O5S. The molecule has 0 aliphatic rings. The van der Waals surface area contributed by atoms with E-state index in [0.29, 0.717) is 31.0 Å². The molecule has 0 saturated carbocycles. The predicted octanol–water partition coefficient (Wildman–Crippen LogP) is 5.17. The molecule has 220 valence electrons. The third-order valence-electron chi connectivity index (χ3n) is 6.59. The molecule has 3 rings (SSSR count). The van der Waals surface area contributed by atoms with Crippen molar-refractivity contribution in [1.82, 2.24) is 10.2 Å². The lowest BCUT2D eigenvalue weighted by molar-refractivity contribution is -0.140. The molecule has 0 aliphatic carbocycles. The Bertz CT molecular complexity index is 1380. The number of carbonyl (C=O) groups is 2. The largest absolute Gasteiger partial charge is 0.494 e. The number of carbonyl (C=O) groups excluding carboxylic acids is 2. The number of rotatable bonds is 14. The van der Waals surface area contributed by atoms with Crippen LogP contribution in [0.5, 0.6) is 5.75 Å². The first-order valence-electron chi connectivity index (χ1n) is 14.0. The summed E-state index contributed by atoms with van der Waals surface area (Å²) in [6.07, 6.45) is 0.374. The normalized spacial score (nSPS) is 12.0. The van der Waals surface area contributed by atoms with Crippen LogP contribution < -0.4 is 14.4 Å². The minimum atomic E-state index is -4.14. The van der Waals surface area contributed by atoms with Gasteiger partial charge in [0.25, 0.3) is 10.0 Å². The van der Waals surface area contributed by atoms with Gasteiger partial charge >= 0.3 is 0 Å². The Morgan fingerprint density at radius 2 is 1.54 bits per heavy atom. The molecule has 0 bridgehead atoms. The standard InChI is InChI=1S/C32H41N3O5S/c1-6-30(32(37)33-21-24(3)4)34(22-26-11-9-8-10-12-26)31(36)23-35(27-15-13-25(5)14-16-27)41(38,39)29-19-17-28(18-20-29)40-7-2/h8-20,24,30H,6-7,21-23H2,1-5H3,(H,33,37). The Balaban J connectivity index is 2.02. The van der Waals surface area contributed by atoms with E-state index in [1.807, 2.05) is 65.0 Å². The maximum absolute atomic E-state index is 14.1. The summed E-state index contributed by atoms with van der Waals surface area (Å²) >= 11 is 0. The summed E-state index contributed by atoms with van der Waals surface area (Å²) in [4.78, 5) is 28.9. The molecular weight excluding hydrogens is 538 g/mol. The van der Waals surface area contributed by atoms with Crippen molar-refractivity contribution >= 4 is 27.5 Å². The average Bonchev–Trinajstić information content (AvgIpc) is 2.96. The summed E-state index contributed by atoms with van der Waals surface area (Å²) in [6, 6.07) is 21.7. The summed E-state index contributed by atoms with van der Waals surface area (Å²) in [5, 5.41) is 2.94. The lowest BCUT2D eigenvalue weighted by Gasteiger charge is -2.33. The van der Waals surface area contributed by atoms with Gasteiger partial charge in [0.05, 0.1) is 17.2 Å². The molecule has 0 fully saturated rings. The highest BCUT2D eigenvalue weighted by atomic mass is 32.2. The number of hydrogen-bond donors (Lipinski definition) is 1. The molecule has 1 N–H and O–H groups in total. The van der Waals surface area contributed by atoms with E-state index in [2.05, 4.69) is 5.32 Å². The van der Waals surface area contributed by atoms with Crippen LogP contribution in [0.3, 0.4) is 0 Å². The molecule has 3 aromatic carbocycles. The fourth-order valence-corrected chi connectivity index (χ4v) is 5.78. The fraction of sp³-hybridized carbons (Fsp3) is 0.375. The Kier molecular flexibility index (Phi) is 11.3. The van der Waals surface area contributed by atoms with Crippen LogP contribution in [-0.4, -0.2) is 50.9 Å². The van der Waals surface area contributed by atoms with Gasteiger partial charge in [-0.15, -0.1) is 0 Å². The molecule has 2 amide bonds. The predicted molar refractivity (Wildman–Crippen MR) is 162 cm³/mol. The zero-order valence-electron chi connectivity index (χ0n) is 24.5. The van der Waals surface area contributed by atoms with E-state index in [1.54, 1.807) is 36.4 Å². The summed E-state index contributed by atoms with van der Waals surface area (Å²) in [6.45, 7) is 10.2. The first kappa shape index (κ1) is 31.7. The van der Waals surface area contributed by atoms with Crippen molar-refractivity contribution in [2.75, 3.05) is 24.0 Å². The van der Waals surface area contributed by atoms with Gasteiger partial charge in [-0.05, 0) is 68.1 Å². The highest BCUT2D eigenvalue weighted by Crippen LogP contribution is 2.26. The second-order valence-corrected chi connectivity index (χ2v) is 12.2. The third kappa shape index (κ3) is 8.57. The van der Waals surface area contributed by atoms with E-state index in [4.69, 9.17) is 4.74 Å². The molecule has 0 aliphatic heterocycles. The SMILES string of the molecule is CCOc1ccc(S(=O)(=O)N(CC(=O)N(Cc2ccccc2)C(CC)C(=O)NCC(C)C)c2ccc(C)cc2)cc1. The number of anilines is 1. The van der Waals surface area contributed by atoms with Gasteiger partial charge in [0.2, 0.25) is 11.8 Å². The lowest BCUT2D eigenvalue weighted by atomic mass is 10.1. The highest BCUT2D eigenvalue weighted by molar-refractivity contribution is 7.92. The van der Waals surface area contributed by atoms with E-state index in [1.165, 1.54) is 17.0 Å². The van der Waals surface area contributed by atoms with Crippen molar-refractivity contribution in [3.63, 3.8) is 0 Å². The Morgan fingerprint density at radius 1 is 0.902 bits per heavy atom. The lowest BCUT2D eigenvalue weighted by Crippen LogP contribution is -2.52. The number of sulfonamides is 1. The van der Waals surface area contributed by atoms with Gasteiger partial charge in [-0.3, -0.25) is 13.9 Å². The van der Waals surface area contributed by atoms with Crippen LogP contribution in [0.25, 0.3) is 0 Å². The molecule has 1 unspecified atom stereocenters. The van der Waals surface area contributed by atoms with Crippen molar-refractivity contribution in [2.45, 2.75) is 58.5 Å². The molecule has 8 nitrogen and oxygen atoms in total. The van der Waals surface area contributed by atoms with E-state index in [0.717, 1.165) is 15.4 Å². The van der Waals surface area contributed by atoms with Crippen LogP contribution in [0.1, 0.15) is 45.2 Å². The van der Waals surface area contributed by atoms with Crippen molar-refractivity contribution < 1.29 is 22.7 Å². The van der Waals surface area contributed by atoms with Crippen molar-refractivity contribution in [1.29, 1.82) is 0 Å². The first-order chi connectivity index (χ1) is 19.6. The van der Waals surface area contributed by atoms with E-state index in [-0.39, 0.29) is 23.3 Å². The van der Waals surface area contributed by atoms with Crippen LogP contribution in [0, 0.1) is 12.8 Å². The second-order valence-electron chi connectivity index (χ2n) is 10.3. The molecule has 9 heteroatoms. The van der Waals surface area contributed by atoms with Crippen molar-refractivity contribution in [3.8, 4) is 5.75 Å². The quantitative estimate of drug-likeness (QED) is 0.284. The summed E-state index contributed by atoms with van der Waals surface area (Å²) in [5.74, 6) is 0.0555. The molecule has 0 spiro atoms. The Hall–Kier alpha value is -3.85. The summed E-state index contributed by atoms with van der Waals surface area (Å²) < 4.78 is 34.6. The van der Waals surface area contributed by atoms with Gasteiger partial charge in [-0.2, -0.15) is 0 Å². The molecule has 0 radical (unpaired) electrons. The summed E-state index contributed by atoms with van der Waals surface area (Å²) in [5.41, 5.74) is 2.15. The maximum atomic E-state index is 14.1. The number of ether oxygens (including phenoxy) is 1. The highest BCUT2D eigenvalue weighted by Gasteiger charge is 2.33. The van der Waals surface area contributed by atoms with Gasteiger partial charge in [-0.25, -0.2) is 8.42 Å². The van der Waals surface area contributed by atoms with E-state index >= 15 is 0 Å². The maximum Gasteiger partial charge on any atom is 0.264 e. The van der Waals surface area contributed by atoms with Crippen molar-refractivity contribution in [2.24, 2.45) is 5.92 Å². The Morgan fingerprint density at radius 3 is 2.10 bits per heavy atom. The van der Waals surface area contributed by atoms with Crippen LogP contribution in [0.2, 0.25) is 0 Å². The third-order valence-corrected chi connectivity index (χ3v) is 8.38. The van der Waals surface area contributed by atoms with Gasteiger partial charge in [0.1, 0.15) is 18.3 Å². The van der Waals surface area contributed by atoms with Gasteiger partial charge < -0.3 is 15.0 Å². The molecule has 41 heavy (non-hydrogen) atoms.